The number of fused-ring (bicyclic) bond motifs is 1. The summed E-state index contributed by atoms with van der Waals surface area (Å²) >= 11 is 0. The van der Waals surface area contributed by atoms with Gasteiger partial charge in [-0.25, -0.2) is 4.39 Å². The Morgan fingerprint density at radius 2 is 1.84 bits per heavy atom. The molecule has 1 heterocycles. The molecule has 0 radical (unpaired) electrons. The van der Waals surface area contributed by atoms with Crippen LogP contribution in [-0.4, -0.2) is 6.11 Å². The zero-order chi connectivity index (χ0) is 18.0. The van der Waals surface area contributed by atoms with Crippen molar-refractivity contribution in [1.29, 1.82) is 0 Å². The monoisotopic (exact) mass is 354 g/mol. The maximum atomic E-state index is 14.6. The Kier molecular flexibility index (Phi) is 5.65. The van der Waals surface area contributed by atoms with Gasteiger partial charge in [-0.3, -0.25) is 0 Å². The van der Waals surface area contributed by atoms with E-state index >= 15 is 0 Å². The van der Waals surface area contributed by atoms with E-state index in [1.165, 1.54) is 25.7 Å². The van der Waals surface area contributed by atoms with E-state index in [4.69, 9.17) is 4.74 Å². The molecule has 0 aromatic heterocycles. The molecule has 1 aromatic rings. The lowest BCUT2D eigenvalue weighted by molar-refractivity contribution is -0.239. The Bertz CT molecular complexity index is 591. The summed E-state index contributed by atoms with van der Waals surface area (Å²) in [5.74, 6) is -1.06. The highest BCUT2D eigenvalue weighted by molar-refractivity contribution is 5.41. The second kappa shape index (κ2) is 7.59. The molecule has 0 bridgehead atoms. The molecule has 0 spiro atoms. The molecule has 1 unspecified atom stereocenters. The van der Waals surface area contributed by atoms with Crippen molar-refractivity contribution in [3.8, 4) is 5.75 Å². The van der Waals surface area contributed by atoms with Gasteiger partial charge in [0, 0.05) is 0 Å². The maximum Gasteiger partial charge on any atom is 0.401 e. The second-order valence-electron chi connectivity index (χ2n) is 7.94. The first-order chi connectivity index (χ1) is 11.9. The molecule has 0 saturated heterocycles. The molecule has 1 aliphatic heterocycles. The van der Waals surface area contributed by atoms with Gasteiger partial charge in [-0.15, -0.1) is 0 Å². The summed E-state index contributed by atoms with van der Waals surface area (Å²) in [5, 5.41) is 0. The predicted octanol–water partition coefficient (Wildman–Crippen LogP) is 6.66. The van der Waals surface area contributed by atoms with Crippen LogP contribution in [-0.2, 0) is 6.42 Å². The van der Waals surface area contributed by atoms with Crippen LogP contribution in [0, 0.1) is 30.5 Å². The minimum Gasteiger partial charge on any atom is -0.429 e. The lowest BCUT2D eigenvalue weighted by atomic mass is 9.72. The molecule has 140 valence electrons. The van der Waals surface area contributed by atoms with E-state index in [1.54, 1.807) is 19.1 Å². The molecule has 1 aromatic carbocycles. The number of rotatable bonds is 5. The van der Waals surface area contributed by atoms with Crippen molar-refractivity contribution in [1.82, 2.24) is 0 Å². The van der Waals surface area contributed by atoms with Crippen LogP contribution in [0.4, 0.5) is 13.2 Å². The molecule has 0 N–H and O–H groups in total. The molecule has 25 heavy (non-hydrogen) atoms. The highest BCUT2D eigenvalue weighted by atomic mass is 19.3. The van der Waals surface area contributed by atoms with Crippen molar-refractivity contribution in [3.63, 3.8) is 0 Å². The smallest absolute Gasteiger partial charge is 0.401 e. The van der Waals surface area contributed by atoms with Gasteiger partial charge in [0.05, 0.1) is 5.92 Å². The average Bonchev–Trinajstić information content (AvgIpc) is 2.59. The van der Waals surface area contributed by atoms with Gasteiger partial charge in [-0.2, -0.15) is 8.78 Å². The van der Waals surface area contributed by atoms with E-state index in [1.807, 2.05) is 0 Å². The van der Waals surface area contributed by atoms with Crippen LogP contribution < -0.4 is 4.74 Å². The summed E-state index contributed by atoms with van der Waals surface area (Å²) in [4.78, 5) is 0. The van der Waals surface area contributed by atoms with Gasteiger partial charge in [-0.05, 0) is 49.1 Å². The van der Waals surface area contributed by atoms with Crippen molar-refractivity contribution in [3.05, 3.63) is 29.1 Å². The molecule has 4 heteroatoms. The van der Waals surface area contributed by atoms with Gasteiger partial charge in [0.2, 0.25) is 0 Å². The molecule has 1 atom stereocenters. The third kappa shape index (κ3) is 3.98. The molecule has 0 amide bonds. The number of aryl methyl sites for hydroxylation is 1. The van der Waals surface area contributed by atoms with Crippen LogP contribution in [0.25, 0.3) is 0 Å². The second-order valence-corrected chi connectivity index (χ2v) is 7.94. The van der Waals surface area contributed by atoms with Crippen LogP contribution in [0.5, 0.6) is 5.75 Å². The van der Waals surface area contributed by atoms with E-state index in [0.29, 0.717) is 17.0 Å². The summed E-state index contributed by atoms with van der Waals surface area (Å²) in [6.07, 6.45) is 5.64. The number of hydrogen-bond acceptors (Lipinski definition) is 1. The SMILES string of the molecule is CCCCCC1CCC(C2Cc3ccc(C)c(F)c3OC2(F)F)CC1. The number of unbranched alkanes of at least 4 members (excludes halogenated alkanes) is 2. The van der Waals surface area contributed by atoms with Crippen LogP contribution >= 0.6 is 0 Å². The fraction of sp³-hybridized carbons (Fsp3) is 0.714. The molecule has 1 saturated carbocycles. The van der Waals surface area contributed by atoms with Gasteiger partial charge in [-0.1, -0.05) is 57.6 Å². The minimum atomic E-state index is -3.28. The summed E-state index contributed by atoms with van der Waals surface area (Å²) in [6.45, 7) is 3.77. The predicted molar refractivity (Wildman–Crippen MR) is 93.5 cm³/mol. The largest absolute Gasteiger partial charge is 0.429 e. The van der Waals surface area contributed by atoms with E-state index in [2.05, 4.69) is 6.92 Å². The Morgan fingerprint density at radius 3 is 2.52 bits per heavy atom. The number of ether oxygens (including phenoxy) is 1. The molecule has 1 fully saturated rings. The Labute approximate surface area is 149 Å². The van der Waals surface area contributed by atoms with Crippen LogP contribution in [0.15, 0.2) is 12.1 Å². The van der Waals surface area contributed by atoms with Crippen LogP contribution in [0.2, 0.25) is 0 Å². The standard InChI is InChI=1S/C21H29F3O/c1-3-4-5-6-15-8-11-16(12-9-15)18-13-17-10-7-14(2)19(22)20(17)25-21(18,23)24/h7,10,15-16,18H,3-6,8-9,11-13H2,1-2H3. The fourth-order valence-corrected chi connectivity index (χ4v) is 4.54. The first kappa shape index (κ1) is 18.6. The number of hydrogen-bond donors (Lipinski definition) is 0. The lowest BCUT2D eigenvalue weighted by Crippen LogP contribution is -2.45. The van der Waals surface area contributed by atoms with Crippen molar-refractivity contribution in [2.24, 2.45) is 17.8 Å². The average molecular weight is 354 g/mol. The maximum absolute atomic E-state index is 14.6. The first-order valence-corrected chi connectivity index (χ1v) is 9.77. The van der Waals surface area contributed by atoms with E-state index < -0.39 is 17.8 Å². The van der Waals surface area contributed by atoms with E-state index in [-0.39, 0.29) is 18.1 Å². The van der Waals surface area contributed by atoms with Gasteiger partial charge < -0.3 is 4.74 Å². The molecular weight excluding hydrogens is 325 g/mol. The minimum absolute atomic E-state index is 0.0325. The molecule has 1 aliphatic carbocycles. The summed E-state index contributed by atoms with van der Waals surface area (Å²) in [7, 11) is 0. The van der Waals surface area contributed by atoms with Crippen molar-refractivity contribution < 1.29 is 17.9 Å². The van der Waals surface area contributed by atoms with Gasteiger partial charge in [0.15, 0.2) is 11.6 Å². The summed E-state index contributed by atoms with van der Waals surface area (Å²) in [5.41, 5.74) is 0.935. The van der Waals surface area contributed by atoms with E-state index in [0.717, 1.165) is 25.7 Å². The summed E-state index contributed by atoms with van der Waals surface area (Å²) in [6, 6.07) is 3.40. The Hall–Kier alpha value is -1.19. The number of alkyl halides is 2. The first-order valence-electron chi connectivity index (χ1n) is 9.77. The third-order valence-electron chi connectivity index (χ3n) is 6.16. The highest BCUT2D eigenvalue weighted by Crippen LogP contribution is 2.48. The van der Waals surface area contributed by atoms with Gasteiger partial charge >= 0.3 is 6.11 Å². The summed E-state index contributed by atoms with van der Waals surface area (Å²) < 4.78 is 48.2. The highest BCUT2D eigenvalue weighted by Gasteiger charge is 2.51. The van der Waals surface area contributed by atoms with Crippen LogP contribution in [0.3, 0.4) is 0 Å². The van der Waals surface area contributed by atoms with Gasteiger partial charge in [0.1, 0.15) is 0 Å². The normalized spacial score (nSPS) is 28.3. The molecule has 1 nitrogen and oxygen atoms in total. The topological polar surface area (TPSA) is 9.23 Å². The lowest BCUT2D eigenvalue weighted by Gasteiger charge is -2.40. The third-order valence-corrected chi connectivity index (χ3v) is 6.16. The zero-order valence-electron chi connectivity index (χ0n) is 15.3. The van der Waals surface area contributed by atoms with Crippen LogP contribution in [0.1, 0.15) is 69.4 Å². The molecule has 2 aliphatic rings. The van der Waals surface area contributed by atoms with E-state index in [9.17, 15) is 13.2 Å². The van der Waals surface area contributed by atoms with Crippen molar-refractivity contribution in [2.45, 2.75) is 77.7 Å². The van der Waals surface area contributed by atoms with Crippen molar-refractivity contribution in [2.75, 3.05) is 0 Å². The molecular formula is C21H29F3O. The Balaban J connectivity index is 1.66. The van der Waals surface area contributed by atoms with Gasteiger partial charge in [0.25, 0.3) is 0 Å². The Morgan fingerprint density at radius 1 is 1.12 bits per heavy atom. The zero-order valence-corrected chi connectivity index (χ0v) is 15.3. The number of benzene rings is 1. The molecule has 3 rings (SSSR count). The number of halogens is 3. The van der Waals surface area contributed by atoms with Crippen molar-refractivity contribution >= 4 is 0 Å². The quantitative estimate of drug-likeness (QED) is 0.537. The fourth-order valence-electron chi connectivity index (χ4n) is 4.54.